The van der Waals surface area contributed by atoms with Gasteiger partial charge in [-0.25, -0.2) is 8.78 Å². The lowest BCUT2D eigenvalue weighted by atomic mass is 10.1. The van der Waals surface area contributed by atoms with Crippen LogP contribution in [0.3, 0.4) is 0 Å². The monoisotopic (exact) mass is 295 g/mol. The molecule has 0 saturated heterocycles. The quantitative estimate of drug-likeness (QED) is 0.856. The van der Waals surface area contributed by atoms with Crippen LogP contribution in [0.4, 0.5) is 8.78 Å². The molecule has 2 aromatic carbocycles. The summed E-state index contributed by atoms with van der Waals surface area (Å²) in [6.45, 7) is 4.43. The molecule has 1 N–H and O–H groups in total. The summed E-state index contributed by atoms with van der Waals surface area (Å²) < 4.78 is 26.5. The van der Waals surface area contributed by atoms with Gasteiger partial charge in [0.15, 0.2) is 0 Å². The molecule has 0 fully saturated rings. The molecule has 1 unspecified atom stereocenters. The zero-order valence-corrected chi connectivity index (χ0v) is 12.1. The van der Waals surface area contributed by atoms with Crippen molar-refractivity contribution in [3.63, 3.8) is 0 Å². The molecule has 0 aliphatic heterocycles. The van der Waals surface area contributed by atoms with Gasteiger partial charge in [-0.2, -0.15) is 0 Å². The fourth-order valence-electron chi connectivity index (χ4n) is 2.08. The smallest absolute Gasteiger partial charge is 0.130 e. The Hall–Kier alpha value is -1.45. The fraction of sp³-hybridized carbons (Fsp3) is 0.250. The molecule has 1 atom stereocenters. The molecule has 0 radical (unpaired) electrons. The van der Waals surface area contributed by atoms with Gasteiger partial charge in [-0.05, 0) is 43.2 Å². The standard InChI is InChI=1S/C16H16ClF2N/c1-10-7-13(17)4-3-12(10)9-20-11(2)15-6-5-14(18)8-16(15)19/h3-8,11,20H,9H2,1-2H3. The van der Waals surface area contributed by atoms with Crippen molar-refractivity contribution in [1.82, 2.24) is 5.32 Å². The van der Waals surface area contributed by atoms with Crippen LogP contribution in [0.2, 0.25) is 5.02 Å². The van der Waals surface area contributed by atoms with Gasteiger partial charge in [0.05, 0.1) is 0 Å². The molecule has 106 valence electrons. The van der Waals surface area contributed by atoms with Crippen LogP contribution in [-0.2, 0) is 6.54 Å². The Balaban J connectivity index is 2.06. The van der Waals surface area contributed by atoms with E-state index in [-0.39, 0.29) is 6.04 Å². The van der Waals surface area contributed by atoms with Crippen LogP contribution in [0, 0.1) is 18.6 Å². The predicted molar refractivity (Wildman–Crippen MR) is 77.8 cm³/mol. The van der Waals surface area contributed by atoms with Gasteiger partial charge in [0, 0.05) is 29.2 Å². The molecule has 0 aliphatic carbocycles. The van der Waals surface area contributed by atoms with Crippen molar-refractivity contribution in [2.45, 2.75) is 26.4 Å². The van der Waals surface area contributed by atoms with E-state index in [2.05, 4.69) is 5.32 Å². The maximum Gasteiger partial charge on any atom is 0.130 e. The van der Waals surface area contributed by atoms with Gasteiger partial charge in [0.1, 0.15) is 11.6 Å². The van der Waals surface area contributed by atoms with Gasteiger partial charge in [0.25, 0.3) is 0 Å². The highest BCUT2D eigenvalue weighted by Gasteiger charge is 2.11. The van der Waals surface area contributed by atoms with Crippen molar-refractivity contribution in [2.24, 2.45) is 0 Å². The van der Waals surface area contributed by atoms with Crippen molar-refractivity contribution in [2.75, 3.05) is 0 Å². The van der Waals surface area contributed by atoms with E-state index in [0.717, 1.165) is 17.2 Å². The van der Waals surface area contributed by atoms with Crippen LogP contribution < -0.4 is 5.32 Å². The molecular formula is C16H16ClF2N. The minimum Gasteiger partial charge on any atom is -0.306 e. The lowest BCUT2D eigenvalue weighted by Gasteiger charge is -2.16. The maximum absolute atomic E-state index is 13.7. The molecule has 20 heavy (non-hydrogen) atoms. The van der Waals surface area contributed by atoms with Gasteiger partial charge >= 0.3 is 0 Å². The van der Waals surface area contributed by atoms with Crippen molar-refractivity contribution in [3.8, 4) is 0 Å². The largest absolute Gasteiger partial charge is 0.306 e. The summed E-state index contributed by atoms with van der Waals surface area (Å²) in [6, 6.07) is 9.10. The molecule has 0 heterocycles. The van der Waals surface area contributed by atoms with Crippen LogP contribution in [0.1, 0.15) is 29.7 Å². The van der Waals surface area contributed by atoms with Crippen LogP contribution in [0.5, 0.6) is 0 Å². The minimum atomic E-state index is -0.563. The Morgan fingerprint density at radius 2 is 1.90 bits per heavy atom. The zero-order valence-electron chi connectivity index (χ0n) is 11.4. The van der Waals surface area contributed by atoms with Crippen LogP contribution >= 0.6 is 11.6 Å². The third-order valence-electron chi connectivity index (χ3n) is 3.33. The molecule has 0 amide bonds. The molecule has 2 rings (SSSR count). The van der Waals surface area contributed by atoms with E-state index in [1.807, 2.05) is 32.0 Å². The average molecular weight is 296 g/mol. The Kier molecular flexibility index (Phi) is 4.73. The van der Waals surface area contributed by atoms with Crippen LogP contribution in [0.15, 0.2) is 36.4 Å². The van der Waals surface area contributed by atoms with Crippen molar-refractivity contribution in [3.05, 3.63) is 69.7 Å². The Morgan fingerprint density at radius 1 is 1.15 bits per heavy atom. The molecule has 0 aliphatic rings. The highest BCUT2D eigenvalue weighted by atomic mass is 35.5. The summed E-state index contributed by atoms with van der Waals surface area (Å²) in [5, 5.41) is 3.93. The number of halogens is 3. The molecule has 2 aromatic rings. The first-order valence-electron chi connectivity index (χ1n) is 6.40. The average Bonchev–Trinajstić information content (AvgIpc) is 2.37. The van der Waals surface area contributed by atoms with Crippen molar-refractivity contribution < 1.29 is 8.78 Å². The highest BCUT2D eigenvalue weighted by molar-refractivity contribution is 6.30. The first kappa shape index (κ1) is 14.9. The number of benzene rings is 2. The van der Waals surface area contributed by atoms with Gasteiger partial charge in [-0.15, -0.1) is 0 Å². The Bertz CT molecular complexity index is 613. The van der Waals surface area contributed by atoms with E-state index in [4.69, 9.17) is 11.6 Å². The molecule has 0 bridgehead atoms. The normalized spacial score (nSPS) is 12.4. The van der Waals surface area contributed by atoms with Gasteiger partial charge in [0.2, 0.25) is 0 Å². The van der Waals surface area contributed by atoms with Crippen LogP contribution in [0.25, 0.3) is 0 Å². The lowest BCUT2D eigenvalue weighted by molar-refractivity contribution is 0.517. The third kappa shape index (κ3) is 3.56. The second-order valence-electron chi connectivity index (χ2n) is 4.84. The van der Waals surface area contributed by atoms with Gasteiger partial charge < -0.3 is 5.32 Å². The number of aryl methyl sites for hydroxylation is 1. The minimum absolute atomic E-state index is 0.203. The number of hydrogen-bond donors (Lipinski definition) is 1. The van der Waals surface area contributed by atoms with Crippen LogP contribution in [-0.4, -0.2) is 0 Å². The number of nitrogens with one attached hydrogen (secondary N) is 1. The molecular weight excluding hydrogens is 280 g/mol. The molecule has 1 nitrogen and oxygen atoms in total. The summed E-state index contributed by atoms with van der Waals surface area (Å²) in [7, 11) is 0. The summed E-state index contributed by atoms with van der Waals surface area (Å²) in [4.78, 5) is 0. The summed E-state index contributed by atoms with van der Waals surface area (Å²) in [6.07, 6.45) is 0. The Labute approximate surface area is 122 Å². The van der Waals surface area contributed by atoms with Crippen molar-refractivity contribution in [1.29, 1.82) is 0 Å². The molecule has 4 heteroatoms. The second kappa shape index (κ2) is 6.33. The Morgan fingerprint density at radius 3 is 2.55 bits per heavy atom. The van der Waals surface area contributed by atoms with E-state index < -0.39 is 11.6 Å². The lowest BCUT2D eigenvalue weighted by Crippen LogP contribution is -2.19. The first-order chi connectivity index (χ1) is 9.47. The fourth-order valence-corrected chi connectivity index (χ4v) is 2.31. The first-order valence-corrected chi connectivity index (χ1v) is 6.78. The molecule has 0 saturated carbocycles. The number of rotatable bonds is 4. The highest BCUT2D eigenvalue weighted by Crippen LogP contribution is 2.20. The number of hydrogen-bond acceptors (Lipinski definition) is 1. The summed E-state index contributed by atoms with van der Waals surface area (Å²) >= 11 is 5.91. The summed E-state index contributed by atoms with van der Waals surface area (Å²) in [5.41, 5.74) is 2.64. The van der Waals surface area contributed by atoms with E-state index in [9.17, 15) is 8.78 Å². The molecule has 0 aromatic heterocycles. The van der Waals surface area contributed by atoms with Gasteiger partial charge in [-0.1, -0.05) is 23.7 Å². The van der Waals surface area contributed by atoms with E-state index in [0.29, 0.717) is 17.1 Å². The third-order valence-corrected chi connectivity index (χ3v) is 3.57. The predicted octanol–water partition coefficient (Wildman–Crippen LogP) is 4.78. The SMILES string of the molecule is Cc1cc(Cl)ccc1CNC(C)c1ccc(F)cc1F. The van der Waals surface area contributed by atoms with E-state index in [1.54, 1.807) is 0 Å². The summed E-state index contributed by atoms with van der Waals surface area (Å²) in [5.74, 6) is -1.09. The second-order valence-corrected chi connectivity index (χ2v) is 5.28. The van der Waals surface area contributed by atoms with E-state index >= 15 is 0 Å². The zero-order chi connectivity index (χ0) is 14.7. The van der Waals surface area contributed by atoms with Gasteiger partial charge in [-0.3, -0.25) is 0 Å². The topological polar surface area (TPSA) is 12.0 Å². The van der Waals surface area contributed by atoms with Crippen molar-refractivity contribution >= 4 is 11.6 Å². The maximum atomic E-state index is 13.7. The van der Waals surface area contributed by atoms with E-state index in [1.165, 1.54) is 12.1 Å². The molecule has 0 spiro atoms.